The van der Waals surface area contributed by atoms with Crippen molar-refractivity contribution in [3.8, 4) is 34.2 Å². The normalized spacial score (nSPS) is 10.9. The molecule has 4 heterocycles. The molecule has 0 saturated carbocycles. The van der Waals surface area contributed by atoms with Gasteiger partial charge in [-0.1, -0.05) is 5.16 Å². The monoisotopic (exact) mass is 348 g/mol. The summed E-state index contributed by atoms with van der Waals surface area (Å²) in [7, 11) is 0. The number of nitrogens with zero attached hydrogens (tertiary/aromatic N) is 6. The van der Waals surface area contributed by atoms with E-state index < -0.39 is 5.82 Å². The average molecular weight is 348 g/mol. The Kier molecular flexibility index (Phi) is 3.92. The number of hydrogen-bond acceptors (Lipinski definition) is 7. The molecule has 0 saturated heterocycles. The lowest BCUT2D eigenvalue weighted by Crippen LogP contribution is -1.98. The molecule has 128 valence electrons. The molecule has 0 N–H and O–H groups in total. The SMILES string of the molecule is Cc1ccncc1-c1cc(-c2noc(-c3cccnn3)n2)nc(C)c1F. The van der Waals surface area contributed by atoms with Crippen LogP contribution in [-0.2, 0) is 0 Å². The summed E-state index contributed by atoms with van der Waals surface area (Å²) in [4.78, 5) is 12.6. The number of hydrogen-bond donors (Lipinski definition) is 0. The van der Waals surface area contributed by atoms with Gasteiger partial charge in [-0.05, 0) is 43.7 Å². The number of aryl methyl sites for hydroxylation is 2. The van der Waals surface area contributed by atoms with Crippen LogP contribution in [0.3, 0.4) is 0 Å². The molecular weight excluding hydrogens is 335 g/mol. The first-order chi connectivity index (χ1) is 12.6. The van der Waals surface area contributed by atoms with E-state index in [0.29, 0.717) is 22.5 Å². The van der Waals surface area contributed by atoms with E-state index in [-0.39, 0.29) is 17.4 Å². The van der Waals surface area contributed by atoms with Crippen LogP contribution >= 0.6 is 0 Å². The van der Waals surface area contributed by atoms with Crippen molar-refractivity contribution in [3.63, 3.8) is 0 Å². The number of aromatic nitrogens is 6. The summed E-state index contributed by atoms with van der Waals surface area (Å²) < 4.78 is 19.9. The molecule has 0 atom stereocenters. The highest BCUT2D eigenvalue weighted by molar-refractivity contribution is 5.71. The molecule has 0 aliphatic rings. The third-order valence-electron chi connectivity index (χ3n) is 3.90. The van der Waals surface area contributed by atoms with Gasteiger partial charge in [-0.25, -0.2) is 9.37 Å². The predicted octanol–water partition coefficient (Wildman–Crippen LogP) is 3.41. The number of pyridine rings is 2. The predicted molar refractivity (Wildman–Crippen MR) is 91.2 cm³/mol. The van der Waals surface area contributed by atoms with Crippen LogP contribution in [0.4, 0.5) is 4.39 Å². The topological polar surface area (TPSA) is 90.5 Å². The highest BCUT2D eigenvalue weighted by Gasteiger charge is 2.18. The number of rotatable bonds is 3. The second-order valence-electron chi connectivity index (χ2n) is 5.68. The molecule has 7 nitrogen and oxygen atoms in total. The van der Waals surface area contributed by atoms with Crippen LogP contribution in [0, 0.1) is 19.7 Å². The fourth-order valence-electron chi connectivity index (χ4n) is 2.56. The van der Waals surface area contributed by atoms with Crippen LogP contribution in [0.2, 0.25) is 0 Å². The molecule has 0 amide bonds. The molecule has 0 spiro atoms. The minimum Gasteiger partial charge on any atom is -0.332 e. The van der Waals surface area contributed by atoms with Crippen LogP contribution in [0.1, 0.15) is 11.3 Å². The fourth-order valence-corrected chi connectivity index (χ4v) is 2.56. The maximum Gasteiger partial charge on any atom is 0.278 e. The van der Waals surface area contributed by atoms with Crippen LogP contribution in [0.15, 0.2) is 47.4 Å². The van der Waals surface area contributed by atoms with E-state index in [2.05, 4.69) is 30.3 Å². The average Bonchev–Trinajstić information content (AvgIpc) is 3.15. The van der Waals surface area contributed by atoms with Gasteiger partial charge in [-0.3, -0.25) is 4.98 Å². The lowest BCUT2D eigenvalue weighted by Gasteiger charge is -2.09. The van der Waals surface area contributed by atoms with Crippen molar-refractivity contribution in [2.24, 2.45) is 0 Å². The van der Waals surface area contributed by atoms with E-state index in [1.54, 1.807) is 43.7 Å². The van der Waals surface area contributed by atoms with Gasteiger partial charge in [0.25, 0.3) is 5.89 Å². The largest absolute Gasteiger partial charge is 0.332 e. The van der Waals surface area contributed by atoms with Crippen LogP contribution in [-0.4, -0.2) is 30.3 Å². The van der Waals surface area contributed by atoms with Crippen molar-refractivity contribution in [2.45, 2.75) is 13.8 Å². The van der Waals surface area contributed by atoms with Gasteiger partial charge in [-0.15, -0.1) is 5.10 Å². The molecule has 0 fully saturated rings. The fraction of sp³-hybridized carbons (Fsp3) is 0.111. The van der Waals surface area contributed by atoms with E-state index in [1.807, 2.05) is 13.0 Å². The van der Waals surface area contributed by atoms with Gasteiger partial charge < -0.3 is 4.52 Å². The molecule has 0 aliphatic carbocycles. The smallest absolute Gasteiger partial charge is 0.278 e. The molecule has 4 rings (SSSR count). The zero-order valence-corrected chi connectivity index (χ0v) is 14.0. The van der Waals surface area contributed by atoms with Crippen molar-refractivity contribution in [2.75, 3.05) is 0 Å². The van der Waals surface area contributed by atoms with Gasteiger partial charge >= 0.3 is 0 Å². The first kappa shape index (κ1) is 15.9. The Labute approximate surface area is 148 Å². The van der Waals surface area contributed by atoms with Crippen molar-refractivity contribution >= 4 is 0 Å². The Bertz CT molecular complexity index is 1080. The van der Waals surface area contributed by atoms with Crippen molar-refractivity contribution in [1.29, 1.82) is 0 Å². The van der Waals surface area contributed by atoms with Gasteiger partial charge in [0.1, 0.15) is 5.69 Å². The van der Waals surface area contributed by atoms with Crippen molar-refractivity contribution in [1.82, 2.24) is 30.3 Å². The van der Waals surface area contributed by atoms with E-state index in [9.17, 15) is 4.39 Å². The zero-order chi connectivity index (χ0) is 18.1. The quantitative estimate of drug-likeness (QED) is 0.560. The summed E-state index contributed by atoms with van der Waals surface area (Å²) in [6.45, 7) is 3.49. The maximum atomic E-state index is 14.7. The maximum absolute atomic E-state index is 14.7. The van der Waals surface area contributed by atoms with E-state index >= 15 is 0 Å². The summed E-state index contributed by atoms with van der Waals surface area (Å²) in [5, 5.41) is 11.6. The highest BCUT2D eigenvalue weighted by Crippen LogP contribution is 2.30. The third-order valence-corrected chi connectivity index (χ3v) is 3.90. The number of halogens is 1. The van der Waals surface area contributed by atoms with E-state index in [0.717, 1.165) is 5.56 Å². The van der Waals surface area contributed by atoms with Gasteiger partial charge in [0.15, 0.2) is 11.5 Å². The molecule has 0 radical (unpaired) electrons. The third kappa shape index (κ3) is 2.81. The molecule has 4 aromatic rings. The zero-order valence-electron chi connectivity index (χ0n) is 14.0. The summed E-state index contributed by atoms with van der Waals surface area (Å²) in [6, 6.07) is 6.84. The minimum atomic E-state index is -0.400. The van der Waals surface area contributed by atoms with E-state index in [4.69, 9.17) is 4.52 Å². The highest BCUT2D eigenvalue weighted by atomic mass is 19.1. The summed E-state index contributed by atoms with van der Waals surface area (Å²) in [5.74, 6) is 0.0648. The summed E-state index contributed by atoms with van der Waals surface area (Å²) >= 11 is 0. The Balaban J connectivity index is 1.82. The molecule has 0 aromatic carbocycles. The summed E-state index contributed by atoms with van der Waals surface area (Å²) in [5.41, 5.74) is 3.09. The first-order valence-corrected chi connectivity index (χ1v) is 7.84. The second kappa shape index (κ2) is 6.40. The van der Waals surface area contributed by atoms with Crippen molar-refractivity contribution in [3.05, 3.63) is 59.9 Å². The first-order valence-electron chi connectivity index (χ1n) is 7.84. The Morgan fingerprint density at radius 3 is 2.65 bits per heavy atom. The molecule has 4 aromatic heterocycles. The molecule has 8 heteroatoms. The minimum absolute atomic E-state index is 0.219. The summed E-state index contributed by atoms with van der Waals surface area (Å²) in [6.07, 6.45) is 4.84. The van der Waals surface area contributed by atoms with Crippen LogP contribution in [0.5, 0.6) is 0 Å². The van der Waals surface area contributed by atoms with Crippen molar-refractivity contribution < 1.29 is 8.91 Å². The Morgan fingerprint density at radius 1 is 1.00 bits per heavy atom. The van der Waals surface area contributed by atoms with Crippen LogP contribution in [0.25, 0.3) is 34.2 Å². The van der Waals surface area contributed by atoms with Gasteiger partial charge in [0.05, 0.1) is 5.69 Å². The Hall–Kier alpha value is -3.55. The van der Waals surface area contributed by atoms with Gasteiger partial charge in [0.2, 0.25) is 5.82 Å². The van der Waals surface area contributed by atoms with E-state index in [1.165, 1.54) is 0 Å². The Morgan fingerprint density at radius 2 is 1.88 bits per heavy atom. The van der Waals surface area contributed by atoms with Gasteiger partial charge in [-0.2, -0.15) is 10.1 Å². The molecule has 0 bridgehead atoms. The molecule has 0 unspecified atom stereocenters. The molecule has 26 heavy (non-hydrogen) atoms. The lowest BCUT2D eigenvalue weighted by molar-refractivity contribution is 0.430. The lowest BCUT2D eigenvalue weighted by atomic mass is 10.0. The van der Waals surface area contributed by atoms with Crippen LogP contribution < -0.4 is 0 Å². The standard InChI is InChI=1S/C18H13FN6O/c1-10-5-7-20-9-13(10)12-8-15(22-11(2)16(12)19)17-23-18(26-25-17)14-4-3-6-21-24-14/h3-9H,1-2H3. The van der Waals surface area contributed by atoms with Gasteiger partial charge in [0, 0.05) is 29.7 Å². The molecule has 0 aliphatic heterocycles. The second-order valence-corrected chi connectivity index (χ2v) is 5.68. The molecular formula is C18H13FN6O.